The summed E-state index contributed by atoms with van der Waals surface area (Å²) in [6.45, 7) is -1.14. The first kappa shape index (κ1) is 27.1. The SMILES string of the molecule is O=C(CN1C(=O)[C@@H]2[C@H]3C[C@@H]([C@H](Br)[C@H]3Br)[C@@H]2C1=O)OCC(=O)c1ccc(OC(=O)c2ccc([N+](=O)[O-])cc2)cc1. The molecule has 2 amide bonds. The minimum atomic E-state index is -0.864. The monoisotopic (exact) mass is 662 g/mol. The maximum Gasteiger partial charge on any atom is 0.343 e. The van der Waals surface area contributed by atoms with Crippen LogP contribution in [0.5, 0.6) is 5.75 Å². The average Bonchev–Trinajstić information content (AvgIpc) is 3.53. The number of Topliss-reactive ketones (excluding diaryl/α,β-unsaturated/α-hetero) is 1. The highest BCUT2D eigenvalue weighted by molar-refractivity contribution is 9.12. The Labute approximate surface area is 238 Å². The number of hydrogen-bond donors (Lipinski definition) is 0. The number of ketones is 1. The minimum absolute atomic E-state index is 0.0276. The molecule has 11 nitrogen and oxygen atoms in total. The number of benzene rings is 2. The number of ether oxygens (including phenoxy) is 2. The van der Waals surface area contributed by atoms with E-state index in [1.54, 1.807) is 0 Å². The molecule has 0 unspecified atom stereocenters. The van der Waals surface area contributed by atoms with Gasteiger partial charge < -0.3 is 9.47 Å². The van der Waals surface area contributed by atoms with Crippen LogP contribution in [0.1, 0.15) is 27.1 Å². The molecule has 2 aliphatic carbocycles. The van der Waals surface area contributed by atoms with Gasteiger partial charge in [0.2, 0.25) is 11.8 Å². The van der Waals surface area contributed by atoms with Gasteiger partial charge in [0, 0.05) is 27.4 Å². The number of likely N-dealkylation sites (tertiary alicyclic amines) is 1. The molecule has 3 aliphatic rings. The van der Waals surface area contributed by atoms with E-state index in [1.807, 2.05) is 0 Å². The number of carbonyl (C=O) groups is 5. The molecule has 1 saturated heterocycles. The number of nitrogens with zero attached hydrogens (tertiary/aromatic N) is 2. The molecule has 5 rings (SSSR count). The van der Waals surface area contributed by atoms with E-state index in [1.165, 1.54) is 48.5 Å². The maximum absolute atomic E-state index is 12.9. The maximum atomic E-state index is 12.9. The van der Waals surface area contributed by atoms with Crippen molar-refractivity contribution in [2.75, 3.05) is 13.2 Å². The van der Waals surface area contributed by atoms with Crippen molar-refractivity contribution in [1.29, 1.82) is 0 Å². The fraction of sp³-hybridized carbons (Fsp3) is 0.346. The van der Waals surface area contributed by atoms with Gasteiger partial charge in [0.05, 0.1) is 22.3 Å². The van der Waals surface area contributed by atoms with Crippen LogP contribution in [0.4, 0.5) is 5.69 Å². The Morgan fingerprint density at radius 1 is 0.897 bits per heavy atom. The molecule has 0 radical (unpaired) electrons. The van der Waals surface area contributed by atoms with Crippen LogP contribution >= 0.6 is 31.9 Å². The van der Waals surface area contributed by atoms with E-state index >= 15 is 0 Å². The van der Waals surface area contributed by atoms with Crippen LogP contribution in [0.25, 0.3) is 0 Å². The predicted molar refractivity (Wildman–Crippen MR) is 141 cm³/mol. The molecule has 6 atom stereocenters. The zero-order valence-corrected chi connectivity index (χ0v) is 23.2. The van der Waals surface area contributed by atoms with Crippen molar-refractivity contribution in [3.63, 3.8) is 0 Å². The molecule has 39 heavy (non-hydrogen) atoms. The molecular weight excluding hydrogens is 644 g/mol. The molecule has 202 valence electrons. The molecule has 2 saturated carbocycles. The summed E-state index contributed by atoms with van der Waals surface area (Å²) in [6.07, 6.45) is 0.778. The van der Waals surface area contributed by atoms with Gasteiger partial charge in [0.15, 0.2) is 12.4 Å². The summed E-state index contributed by atoms with van der Waals surface area (Å²) in [5.41, 5.74) is 0.130. The van der Waals surface area contributed by atoms with Crippen LogP contribution < -0.4 is 4.74 Å². The Bertz CT molecular complexity index is 1350. The second-order valence-corrected chi connectivity index (χ2v) is 11.7. The molecule has 2 aromatic rings. The second kappa shape index (κ2) is 10.6. The lowest BCUT2D eigenvalue weighted by Gasteiger charge is -2.28. The van der Waals surface area contributed by atoms with Gasteiger partial charge in [-0.05, 0) is 54.7 Å². The van der Waals surface area contributed by atoms with Crippen molar-refractivity contribution < 1.29 is 38.4 Å². The fourth-order valence-corrected chi connectivity index (χ4v) is 7.44. The van der Waals surface area contributed by atoms with Crippen LogP contribution in [0.3, 0.4) is 0 Å². The summed E-state index contributed by atoms with van der Waals surface area (Å²) in [5, 5.41) is 10.7. The van der Waals surface area contributed by atoms with Gasteiger partial charge in [-0.2, -0.15) is 0 Å². The van der Waals surface area contributed by atoms with Crippen molar-refractivity contribution >= 4 is 67.1 Å². The number of nitro groups is 1. The third-order valence-corrected chi connectivity index (χ3v) is 10.6. The van der Waals surface area contributed by atoms with Crippen molar-refractivity contribution in [2.45, 2.75) is 16.1 Å². The van der Waals surface area contributed by atoms with Gasteiger partial charge >= 0.3 is 11.9 Å². The molecule has 0 spiro atoms. The number of fused-ring (bicyclic) bond motifs is 5. The van der Waals surface area contributed by atoms with Gasteiger partial charge in [0.25, 0.3) is 5.69 Å². The van der Waals surface area contributed by atoms with Gasteiger partial charge in [0.1, 0.15) is 12.3 Å². The standard InChI is InChI=1S/C26H20Br2N2O9/c27-22-16-9-17(23(22)28)21-20(16)24(33)29(25(21)34)10-19(32)38-11-18(31)12-3-7-15(8-4-12)39-26(35)13-1-5-14(6-2-13)30(36)37/h1-8,16-17,20-23H,9-11H2/t16-,17-,20-,21+,22+,23+/m1/s1. The first-order valence-electron chi connectivity index (χ1n) is 12.0. The van der Waals surface area contributed by atoms with E-state index in [9.17, 15) is 34.1 Å². The van der Waals surface area contributed by atoms with E-state index in [-0.39, 0.29) is 55.9 Å². The van der Waals surface area contributed by atoms with Crippen LogP contribution in [-0.4, -0.2) is 62.2 Å². The number of alkyl halides is 2. The molecule has 2 aromatic carbocycles. The number of non-ortho nitro benzene ring substituents is 1. The smallest absolute Gasteiger partial charge is 0.343 e. The van der Waals surface area contributed by atoms with Crippen LogP contribution in [-0.2, 0) is 19.1 Å². The lowest BCUT2D eigenvalue weighted by Crippen LogP contribution is -2.38. The molecule has 0 N–H and O–H groups in total. The number of rotatable bonds is 8. The number of nitro benzene ring substituents is 1. The average molecular weight is 664 g/mol. The predicted octanol–water partition coefficient (Wildman–Crippen LogP) is 3.32. The first-order chi connectivity index (χ1) is 18.6. The summed E-state index contributed by atoms with van der Waals surface area (Å²) in [4.78, 5) is 74.2. The Hall–Kier alpha value is -3.45. The van der Waals surface area contributed by atoms with E-state index in [4.69, 9.17) is 9.47 Å². The highest BCUT2D eigenvalue weighted by atomic mass is 79.9. The number of halogens is 2. The Kier molecular flexibility index (Phi) is 7.38. The number of amides is 2. The highest BCUT2D eigenvalue weighted by Crippen LogP contribution is 2.60. The summed E-state index contributed by atoms with van der Waals surface area (Å²) in [5.74, 6) is -3.57. The van der Waals surface area contributed by atoms with E-state index in [0.29, 0.717) is 0 Å². The summed E-state index contributed by atoms with van der Waals surface area (Å²) in [6, 6.07) is 10.4. The van der Waals surface area contributed by atoms with Gasteiger partial charge in [-0.15, -0.1) is 0 Å². The molecule has 1 aliphatic heterocycles. The topological polar surface area (TPSA) is 150 Å². The van der Waals surface area contributed by atoms with Gasteiger partial charge in [-0.3, -0.25) is 34.2 Å². The summed E-state index contributed by atoms with van der Waals surface area (Å²) < 4.78 is 10.3. The van der Waals surface area contributed by atoms with Crippen molar-refractivity contribution in [1.82, 2.24) is 4.90 Å². The largest absolute Gasteiger partial charge is 0.456 e. The van der Waals surface area contributed by atoms with Gasteiger partial charge in [-0.1, -0.05) is 31.9 Å². The van der Waals surface area contributed by atoms with Crippen molar-refractivity contribution in [3.05, 3.63) is 69.8 Å². The quantitative estimate of drug-likeness (QED) is 0.0788. The van der Waals surface area contributed by atoms with E-state index < -0.39 is 47.6 Å². The molecule has 13 heteroatoms. The molecule has 0 aromatic heterocycles. The minimum Gasteiger partial charge on any atom is -0.456 e. The van der Waals surface area contributed by atoms with Crippen LogP contribution in [0, 0.1) is 33.8 Å². The summed E-state index contributed by atoms with van der Waals surface area (Å²) in [7, 11) is 0. The number of hydrogen-bond acceptors (Lipinski definition) is 9. The normalized spacial score (nSPS) is 26.9. The molecule has 3 fully saturated rings. The molecule has 1 heterocycles. The fourth-order valence-electron chi connectivity index (χ4n) is 5.56. The third-order valence-electron chi connectivity index (χ3n) is 7.43. The lowest BCUT2D eigenvalue weighted by molar-refractivity contribution is -0.384. The molecular formula is C26H20Br2N2O9. The van der Waals surface area contributed by atoms with Crippen LogP contribution in [0.2, 0.25) is 0 Å². The lowest BCUT2D eigenvalue weighted by atomic mass is 9.81. The van der Waals surface area contributed by atoms with Gasteiger partial charge in [-0.25, -0.2) is 4.79 Å². The highest BCUT2D eigenvalue weighted by Gasteiger charge is 2.66. The third kappa shape index (κ3) is 5.00. The van der Waals surface area contributed by atoms with Crippen molar-refractivity contribution in [3.8, 4) is 5.75 Å². The van der Waals surface area contributed by atoms with Crippen molar-refractivity contribution in [2.24, 2.45) is 23.7 Å². The first-order valence-corrected chi connectivity index (χ1v) is 13.8. The summed E-state index contributed by atoms with van der Waals surface area (Å²) >= 11 is 7.22. The number of carbonyl (C=O) groups excluding carboxylic acids is 5. The number of imide groups is 1. The van der Waals surface area contributed by atoms with E-state index in [0.717, 1.165) is 11.3 Å². The van der Waals surface area contributed by atoms with Crippen LogP contribution in [0.15, 0.2) is 48.5 Å². The zero-order chi connectivity index (χ0) is 28.0. The Balaban J connectivity index is 1.12. The van der Waals surface area contributed by atoms with E-state index in [2.05, 4.69) is 31.9 Å². The second-order valence-electron chi connectivity index (χ2n) is 9.57. The zero-order valence-electron chi connectivity index (χ0n) is 20.0. The molecule has 2 bridgehead atoms. The Morgan fingerprint density at radius 2 is 1.44 bits per heavy atom. The number of esters is 2. The Morgan fingerprint density at radius 3 is 1.97 bits per heavy atom.